The first kappa shape index (κ1) is 15.0. The molecular formula is C19H25NO3. The second-order valence-electron chi connectivity index (χ2n) is 7.39. The number of hydrogen-bond acceptors (Lipinski definition) is 3. The molecule has 2 aliphatic heterocycles. The zero-order valence-corrected chi connectivity index (χ0v) is 13.7. The van der Waals surface area contributed by atoms with E-state index in [0.29, 0.717) is 17.5 Å². The average molecular weight is 315 g/mol. The Labute approximate surface area is 137 Å². The summed E-state index contributed by atoms with van der Waals surface area (Å²) in [6.45, 7) is 1.82. The first-order valence-corrected chi connectivity index (χ1v) is 8.83. The van der Waals surface area contributed by atoms with Crippen molar-refractivity contribution in [3.63, 3.8) is 0 Å². The summed E-state index contributed by atoms with van der Waals surface area (Å²) in [6, 6.07) is 6.21. The summed E-state index contributed by atoms with van der Waals surface area (Å²) in [5, 5.41) is 9.31. The Hall–Kier alpha value is -1.55. The van der Waals surface area contributed by atoms with Crippen LogP contribution in [0.25, 0.3) is 0 Å². The first-order valence-electron chi connectivity index (χ1n) is 8.83. The number of rotatable bonds is 2. The van der Waals surface area contributed by atoms with Gasteiger partial charge in [-0.05, 0) is 67.7 Å². The molecule has 1 N–H and O–H groups in total. The Morgan fingerprint density at radius 3 is 2.70 bits per heavy atom. The normalized spacial score (nSPS) is 30.8. The zero-order chi connectivity index (χ0) is 16.0. The molecule has 3 unspecified atom stereocenters. The molecule has 0 bridgehead atoms. The molecule has 3 aliphatic rings. The van der Waals surface area contributed by atoms with Gasteiger partial charge in [0, 0.05) is 37.9 Å². The zero-order valence-electron chi connectivity index (χ0n) is 13.7. The second-order valence-corrected chi connectivity index (χ2v) is 7.39. The maximum absolute atomic E-state index is 11.3. The molecule has 0 amide bonds. The van der Waals surface area contributed by atoms with E-state index in [2.05, 4.69) is 11.9 Å². The molecule has 4 nitrogen and oxygen atoms in total. The molecule has 1 aliphatic carbocycles. The third-order valence-electron chi connectivity index (χ3n) is 6.34. The monoisotopic (exact) mass is 315 g/mol. The molecule has 0 radical (unpaired) electrons. The third-order valence-corrected chi connectivity index (χ3v) is 6.34. The van der Waals surface area contributed by atoms with Crippen molar-refractivity contribution in [3.8, 4) is 0 Å². The van der Waals surface area contributed by atoms with E-state index in [4.69, 9.17) is 4.74 Å². The van der Waals surface area contributed by atoms with Crippen LogP contribution in [-0.4, -0.2) is 37.4 Å². The number of carboxylic acid groups (broad SMARTS) is 1. The summed E-state index contributed by atoms with van der Waals surface area (Å²) in [5.41, 5.74) is 2.91. The highest BCUT2D eigenvalue weighted by atomic mass is 16.5. The average Bonchev–Trinajstić information content (AvgIpc) is 2.87. The van der Waals surface area contributed by atoms with Crippen LogP contribution in [0, 0.1) is 11.8 Å². The number of carbonyl (C=O) groups is 1. The number of benzene rings is 1. The van der Waals surface area contributed by atoms with Gasteiger partial charge in [0.15, 0.2) is 0 Å². The quantitative estimate of drug-likeness (QED) is 0.907. The Morgan fingerprint density at radius 1 is 1.17 bits per heavy atom. The topological polar surface area (TPSA) is 49.8 Å². The van der Waals surface area contributed by atoms with Crippen molar-refractivity contribution in [2.75, 3.05) is 25.2 Å². The summed E-state index contributed by atoms with van der Waals surface area (Å²) < 4.78 is 5.52. The summed E-state index contributed by atoms with van der Waals surface area (Å²) in [5.74, 6) is 1.24. The molecule has 1 aromatic carbocycles. The summed E-state index contributed by atoms with van der Waals surface area (Å²) in [4.78, 5) is 13.7. The van der Waals surface area contributed by atoms with E-state index in [1.54, 1.807) is 6.07 Å². The van der Waals surface area contributed by atoms with Crippen LogP contribution in [0.5, 0.6) is 0 Å². The fourth-order valence-corrected chi connectivity index (χ4v) is 5.08. The van der Waals surface area contributed by atoms with E-state index in [9.17, 15) is 9.90 Å². The molecule has 1 saturated heterocycles. The van der Waals surface area contributed by atoms with Gasteiger partial charge in [-0.3, -0.25) is 0 Å². The minimum absolute atomic E-state index is 0.422. The predicted octanol–water partition coefficient (Wildman–Crippen LogP) is 3.51. The van der Waals surface area contributed by atoms with Gasteiger partial charge in [-0.2, -0.15) is 0 Å². The number of anilines is 1. The molecule has 3 atom stereocenters. The largest absolute Gasteiger partial charge is 0.478 e. The molecular weight excluding hydrogens is 290 g/mol. The SMILES string of the molecule is CN1c2ccc(C(=O)O)cc2C2CC(C3CCOCC3)CCC21. The highest BCUT2D eigenvalue weighted by Crippen LogP contribution is 2.51. The van der Waals surface area contributed by atoms with Crippen LogP contribution in [0.2, 0.25) is 0 Å². The van der Waals surface area contributed by atoms with Crippen molar-refractivity contribution in [3.05, 3.63) is 29.3 Å². The molecule has 1 saturated carbocycles. The lowest BCUT2D eigenvalue weighted by atomic mass is 9.70. The lowest BCUT2D eigenvalue weighted by Gasteiger charge is -2.40. The van der Waals surface area contributed by atoms with Crippen LogP contribution < -0.4 is 4.90 Å². The van der Waals surface area contributed by atoms with Crippen LogP contribution in [-0.2, 0) is 4.74 Å². The molecule has 0 spiro atoms. The van der Waals surface area contributed by atoms with Gasteiger partial charge in [0.25, 0.3) is 0 Å². The lowest BCUT2D eigenvalue weighted by molar-refractivity contribution is 0.0361. The van der Waals surface area contributed by atoms with Gasteiger partial charge in [0.2, 0.25) is 0 Å². The molecule has 124 valence electrons. The minimum Gasteiger partial charge on any atom is -0.478 e. The number of nitrogens with zero attached hydrogens (tertiary/aromatic N) is 1. The first-order chi connectivity index (χ1) is 11.1. The fraction of sp³-hybridized carbons (Fsp3) is 0.632. The van der Waals surface area contributed by atoms with Crippen LogP contribution in [0.1, 0.15) is 53.9 Å². The standard InChI is InChI=1S/C19H25NO3/c1-20-17-4-2-13(12-6-8-23-9-7-12)10-15(17)16-11-14(19(21)22)3-5-18(16)20/h3,5,11-13,15,17H,2,4,6-10H2,1H3,(H,21,22). The van der Waals surface area contributed by atoms with Crippen molar-refractivity contribution in [1.29, 1.82) is 0 Å². The second kappa shape index (κ2) is 5.82. The van der Waals surface area contributed by atoms with E-state index in [0.717, 1.165) is 25.0 Å². The van der Waals surface area contributed by atoms with Gasteiger partial charge in [-0.25, -0.2) is 4.79 Å². The van der Waals surface area contributed by atoms with Gasteiger partial charge in [-0.15, -0.1) is 0 Å². The van der Waals surface area contributed by atoms with Crippen LogP contribution in [0.4, 0.5) is 5.69 Å². The van der Waals surface area contributed by atoms with Crippen molar-refractivity contribution in [2.24, 2.45) is 11.8 Å². The van der Waals surface area contributed by atoms with Gasteiger partial charge in [0.05, 0.1) is 5.56 Å². The summed E-state index contributed by atoms with van der Waals surface area (Å²) >= 11 is 0. The number of likely N-dealkylation sites (N-methyl/N-ethyl adjacent to an activating group) is 1. The number of hydrogen-bond donors (Lipinski definition) is 1. The number of fused-ring (bicyclic) bond motifs is 3. The molecule has 0 aromatic heterocycles. The minimum atomic E-state index is -0.823. The van der Waals surface area contributed by atoms with E-state index >= 15 is 0 Å². The Morgan fingerprint density at radius 2 is 1.96 bits per heavy atom. The Kier molecular flexibility index (Phi) is 3.80. The van der Waals surface area contributed by atoms with E-state index in [-0.39, 0.29) is 0 Å². The maximum Gasteiger partial charge on any atom is 0.335 e. The van der Waals surface area contributed by atoms with Gasteiger partial charge >= 0.3 is 5.97 Å². The molecule has 4 heteroatoms. The molecule has 2 heterocycles. The number of ether oxygens (including phenoxy) is 1. The molecule has 1 aromatic rings. The van der Waals surface area contributed by atoms with Crippen molar-refractivity contribution in [1.82, 2.24) is 0 Å². The maximum atomic E-state index is 11.3. The highest BCUT2D eigenvalue weighted by molar-refractivity contribution is 5.89. The van der Waals surface area contributed by atoms with E-state index in [1.807, 2.05) is 12.1 Å². The smallest absolute Gasteiger partial charge is 0.335 e. The van der Waals surface area contributed by atoms with Gasteiger partial charge in [0.1, 0.15) is 0 Å². The van der Waals surface area contributed by atoms with Crippen LogP contribution in [0.15, 0.2) is 18.2 Å². The molecule has 23 heavy (non-hydrogen) atoms. The fourth-order valence-electron chi connectivity index (χ4n) is 5.08. The highest BCUT2D eigenvalue weighted by Gasteiger charge is 2.42. The molecule has 4 rings (SSSR count). The predicted molar refractivity (Wildman–Crippen MR) is 89.2 cm³/mol. The molecule has 2 fully saturated rings. The van der Waals surface area contributed by atoms with Crippen LogP contribution >= 0.6 is 0 Å². The Bertz CT molecular complexity index is 609. The summed E-state index contributed by atoms with van der Waals surface area (Å²) in [7, 11) is 2.17. The summed E-state index contributed by atoms with van der Waals surface area (Å²) in [6.07, 6.45) is 6.12. The Balaban J connectivity index is 1.60. The number of carboxylic acids is 1. The lowest BCUT2D eigenvalue weighted by Crippen LogP contribution is -2.37. The number of aromatic carboxylic acids is 1. The van der Waals surface area contributed by atoms with Crippen molar-refractivity contribution >= 4 is 11.7 Å². The van der Waals surface area contributed by atoms with Crippen molar-refractivity contribution in [2.45, 2.75) is 44.1 Å². The van der Waals surface area contributed by atoms with Crippen LogP contribution in [0.3, 0.4) is 0 Å². The van der Waals surface area contributed by atoms with E-state index in [1.165, 1.54) is 43.4 Å². The van der Waals surface area contributed by atoms with E-state index < -0.39 is 5.97 Å². The van der Waals surface area contributed by atoms with Gasteiger partial charge in [-0.1, -0.05) is 0 Å². The van der Waals surface area contributed by atoms with Crippen molar-refractivity contribution < 1.29 is 14.6 Å². The van der Waals surface area contributed by atoms with Gasteiger partial charge < -0.3 is 14.7 Å². The third kappa shape index (κ3) is 2.53.